The van der Waals surface area contributed by atoms with Crippen LogP contribution < -0.4 is 0 Å². The predicted octanol–water partition coefficient (Wildman–Crippen LogP) is 14.9. The Labute approximate surface area is 348 Å². The first-order chi connectivity index (χ1) is 29.6. The van der Waals surface area contributed by atoms with Gasteiger partial charge in [0.05, 0.1) is 22.6 Å². The van der Waals surface area contributed by atoms with Crippen LogP contribution >= 0.6 is 0 Å². The zero-order valence-electron chi connectivity index (χ0n) is 33.4. The first-order valence-electron chi connectivity index (χ1n) is 20.7. The summed E-state index contributed by atoms with van der Waals surface area (Å²) in [6.45, 7) is 4.74. The quantitative estimate of drug-likeness (QED) is 0.163. The van der Waals surface area contributed by atoms with E-state index >= 15 is 0 Å². The Hall–Kier alpha value is -7.62. The Morgan fingerprint density at radius 2 is 1.05 bits per heavy atom. The van der Waals surface area contributed by atoms with E-state index in [9.17, 15) is 0 Å². The molecule has 0 amide bonds. The van der Waals surface area contributed by atoms with Gasteiger partial charge in [0.1, 0.15) is 0 Å². The summed E-state index contributed by atoms with van der Waals surface area (Å²) in [6, 6.07) is 68.8. The molecular weight excluding hydrogens is 727 g/mol. The molecule has 1 aliphatic carbocycles. The van der Waals surface area contributed by atoms with Crippen LogP contribution in [0, 0.1) is 0 Å². The van der Waals surface area contributed by atoms with E-state index in [0.29, 0.717) is 0 Å². The second-order valence-electron chi connectivity index (χ2n) is 16.5. The average molecular weight is 766 g/mol. The highest BCUT2D eigenvalue weighted by Gasteiger charge is 2.36. The molecule has 0 N–H and O–H groups in total. The van der Waals surface area contributed by atoms with E-state index in [2.05, 4.69) is 199 Å². The highest BCUT2D eigenvalue weighted by atomic mass is 15.0. The molecule has 0 aliphatic heterocycles. The summed E-state index contributed by atoms with van der Waals surface area (Å²) in [4.78, 5) is 9.55. The summed E-state index contributed by atoms with van der Waals surface area (Å²) in [5.74, 6) is 0. The van der Waals surface area contributed by atoms with Gasteiger partial charge in [-0.1, -0.05) is 159 Å². The highest BCUT2D eigenvalue weighted by molar-refractivity contribution is 6.36. The molecular formula is C57H39N3. The molecule has 8 aromatic carbocycles. The van der Waals surface area contributed by atoms with Crippen LogP contribution in [-0.2, 0) is 5.41 Å². The molecule has 0 bridgehead atoms. The minimum Gasteiger partial charge on any atom is -0.308 e. The van der Waals surface area contributed by atoms with Crippen LogP contribution in [0.15, 0.2) is 200 Å². The number of fused-ring (bicyclic) bond motifs is 11. The maximum atomic E-state index is 5.30. The second-order valence-corrected chi connectivity index (χ2v) is 16.5. The molecule has 3 aromatic heterocycles. The standard InChI is InChI=1S/C57H39N3/c1-57(2)48-25-14-13-22-42(48)43-29-28-39(34-49(43)57)60-55(38-18-7-4-8-19-38)52(37-16-5-3-6-17-37)54-53-44-23-11-9-20-40(44)46(35-47(53)41-21-10-12-24-45(41)56(54)60)51-27-15-26-50(59-51)36-30-32-58-33-31-36/h3-35H,1-2H3. The molecule has 0 saturated carbocycles. The molecule has 0 saturated heterocycles. The van der Waals surface area contributed by atoms with Crippen molar-refractivity contribution in [2.24, 2.45) is 0 Å². The smallest absolute Gasteiger partial charge is 0.0715 e. The molecule has 0 spiro atoms. The lowest BCUT2D eigenvalue weighted by Gasteiger charge is -2.23. The second kappa shape index (κ2) is 13.2. The van der Waals surface area contributed by atoms with Crippen molar-refractivity contribution in [2.75, 3.05) is 0 Å². The molecule has 60 heavy (non-hydrogen) atoms. The molecule has 0 radical (unpaired) electrons. The lowest BCUT2D eigenvalue weighted by molar-refractivity contribution is 0.660. The molecule has 0 fully saturated rings. The van der Waals surface area contributed by atoms with E-state index in [1.54, 1.807) is 0 Å². The Balaban J connectivity index is 1.27. The number of nitrogens with zero attached hydrogens (tertiary/aromatic N) is 3. The van der Waals surface area contributed by atoms with Crippen molar-refractivity contribution in [3.8, 4) is 61.7 Å². The van der Waals surface area contributed by atoms with Crippen LogP contribution in [0.2, 0.25) is 0 Å². The molecule has 0 atom stereocenters. The van der Waals surface area contributed by atoms with Gasteiger partial charge >= 0.3 is 0 Å². The summed E-state index contributed by atoms with van der Waals surface area (Å²) in [5.41, 5.74) is 16.4. The molecule has 12 rings (SSSR count). The first kappa shape index (κ1) is 34.4. The number of pyridine rings is 2. The van der Waals surface area contributed by atoms with Crippen molar-refractivity contribution in [3.05, 3.63) is 212 Å². The number of rotatable bonds is 5. The lowest BCUT2D eigenvalue weighted by atomic mass is 9.82. The minimum atomic E-state index is -0.149. The Morgan fingerprint density at radius 1 is 0.417 bits per heavy atom. The van der Waals surface area contributed by atoms with Gasteiger partial charge < -0.3 is 4.57 Å². The van der Waals surface area contributed by atoms with Crippen molar-refractivity contribution in [1.82, 2.24) is 14.5 Å². The predicted molar refractivity (Wildman–Crippen MR) is 251 cm³/mol. The fraction of sp³-hybridized carbons (Fsp3) is 0.0526. The van der Waals surface area contributed by atoms with Crippen molar-refractivity contribution < 1.29 is 0 Å². The number of hydrogen-bond acceptors (Lipinski definition) is 2. The van der Waals surface area contributed by atoms with E-state index in [1.165, 1.54) is 87.9 Å². The molecule has 3 heterocycles. The normalized spacial score (nSPS) is 13.0. The SMILES string of the molecule is CC1(C)c2ccccc2-c2ccc(-n3c(-c4ccccc4)c(-c4ccccc4)c4c5c6ccccc6c(-c6cccc(-c7ccncc7)n6)cc5c5ccccc5c43)cc21. The fourth-order valence-electron chi connectivity index (χ4n) is 10.2. The van der Waals surface area contributed by atoms with Gasteiger partial charge in [0.25, 0.3) is 0 Å². The third-order valence-electron chi connectivity index (χ3n) is 12.9. The molecule has 0 unspecified atom stereocenters. The zero-order chi connectivity index (χ0) is 40.0. The Morgan fingerprint density at radius 3 is 1.83 bits per heavy atom. The fourth-order valence-corrected chi connectivity index (χ4v) is 10.2. The van der Waals surface area contributed by atoms with Gasteiger partial charge in [0.15, 0.2) is 0 Å². The van der Waals surface area contributed by atoms with Gasteiger partial charge in [0.2, 0.25) is 0 Å². The third kappa shape index (κ3) is 5.02. The Bertz CT molecular complexity index is 3490. The van der Waals surface area contributed by atoms with Crippen molar-refractivity contribution >= 4 is 43.2 Å². The van der Waals surface area contributed by atoms with E-state index in [-0.39, 0.29) is 5.41 Å². The van der Waals surface area contributed by atoms with E-state index in [4.69, 9.17) is 4.98 Å². The molecule has 3 heteroatoms. The molecule has 3 nitrogen and oxygen atoms in total. The minimum absolute atomic E-state index is 0.149. The van der Waals surface area contributed by atoms with Crippen molar-refractivity contribution in [1.29, 1.82) is 0 Å². The van der Waals surface area contributed by atoms with Gasteiger partial charge in [-0.05, 0) is 97.4 Å². The third-order valence-corrected chi connectivity index (χ3v) is 12.9. The number of benzene rings is 8. The van der Waals surface area contributed by atoms with Gasteiger partial charge in [-0.3, -0.25) is 4.98 Å². The van der Waals surface area contributed by atoms with E-state index < -0.39 is 0 Å². The van der Waals surface area contributed by atoms with Crippen molar-refractivity contribution in [3.63, 3.8) is 0 Å². The van der Waals surface area contributed by atoms with E-state index in [1.807, 2.05) is 24.5 Å². The van der Waals surface area contributed by atoms with Crippen LogP contribution in [-0.4, -0.2) is 14.5 Å². The van der Waals surface area contributed by atoms with Crippen LogP contribution in [0.3, 0.4) is 0 Å². The van der Waals surface area contributed by atoms with Crippen LogP contribution in [0.4, 0.5) is 0 Å². The molecule has 282 valence electrons. The average Bonchev–Trinajstić information content (AvgIpc) is 3.79. The number of hydrogen-bond donors (Lipinski definition) is 0. The van der Waals surface area contributed by atoms with Gasteiger partial charge in [-0.25, -0.2) is 4.98 Å². The van der Waals surface area contributed by atoms with Crippen LogP contribution in [0.1, 0.15) is 25.0 Å². The first-order valence-corrected chi connectivity index (χ1v) is 20.7. The summed E-state index contributed by atoms with van der Waals surface area (Å²) in [6.07, 6.45) is 3.66. The van der Waals surface area contributed by atoms with Crippen molar-refractivity contribution in [2.45, 2.75) is 19.3 Å². The van der Waals surface area contributed by atoms with Crippen LogP contribution in [0.5, 0.6) is 0 Å². The number of aromatic nitrogens is 3. The van der Waals surface area contributed by atoms with E-state index in [0.717, 1.165) is 28.2 Å². The maximum absolute atomic E-state index is 5.30. The monoisotopic (exact) mass is 765 g/mol. The highest BCUT2D eigenvalue weighted by Crippen LogP contribution is 2.53. The zero-order valence-corrected chi connectivity index (χ0v) is 33.4. The molecule has 11 aromatic rings. The lowest BCUT2D eigenvalue weighted by Crippen LogP contribution is -2.15. The topological polar surface area (TPSA) is 30.7 Å². The summed E-state index contributed by atoms with van der Waals surface area (Å²) in [5, 5.41) is 8.51. The van der Waals surface area contributed by atoms with Gasteiger partial charge in [-0.2, -0.15) is 0 Å². The van der Waals surface area contributed by atoms with Crippen LogP contribution in [0.25, 0.3) is 105 Å². The summed E-state index contributed by atoms with van der Waals surface area (Å²) in [7, 11) is 0. The molecule has 1 aliphatic rings. The van der Waals surface area contributed by atoms with Gasteiger partial charge in [-0.15, -0.1) is 0 Å². The van der Waals surface area contributed by atoms with Gasteiger partial charge in [0, 0.05) is 56.3 Å². The maximum Gasteiger partial charge on any atom is 0.0715 e. The Kier molecular flexibility index (Phi) is 7.58. The summed E-state index contributed by atoms with van der Waals surface area (Å²) < 4.78 is 2.58. The largest absolute Gasteiger partial charge is 0.308 e. The summed E-state index contributed by atoms with van der Waals surface area (Å²) >= 11 is 0.